The number of hydrogen-bond donors (Lipinski definition) is 2. The van der Waals surface area contributed by atoms with E-state index in [0.717, 1.165) is 11.0 Å². The predicted molar refractivity (Wildman–Crippen MR) is 132 cm³/mol. The number of anilines is 2. The Balaban J connectivity index is 1.42. The van der Waals surface area contributed by atoms with Crippen molar-refractivity contribution in [3.63, 3.8) is 0 Å². The molecule has 0 saturated carbocycles. The van der Waals surface area contributed by atoms with Crippen LogP contribution in [-0.2, 0) is 19.6 Å². The largest absolute Gasteiger partial charge is 0.494 e. The molecule has 1 aliphatic rings. The fourth-order valence-corrected chi connectivity index (χ4v) is 4.18. The van der Waals surface area contributed by atoms with Crippen LogP contribution in [0.5, 0.6) is 5.75 Å². The highest BCUT2D eigenvalue weighted by molar-refractivity contribution is 7.89. The molecule has 12 heteroatoms. The van der Waals surface area contributed by atoms with Crippen LogP contribution in [0.2, 0.25) is 0 Å². The van der Waals surface area contributed by atoms with Crippen LogP contribution in [0.15, 0.2) is 71.6 Å². The number of sulfonamides is 1. The lowest BCUT2D eigenvalue weighted by Crippen LogP contribution is -2.29. The highest BCUT2D eigenvalue weighted by atomic mass is 32.2. The molecule has 0 spiro atoms. The summed E-state index contributed by atoms with van der Waals surface area (Å²) in [5.41, 5.74) is 0.614. The smallest absolute Gasteiger partial charge is 0.338 e. The molecule has 3 aromatic rings. The third-order valence-electron chi connectivity index (χ3n) is 5.31. The Hall–Kier alpha value is -4.55. The second-order valence-corrected chi connectivity index (χ2v) is 9.39. The van der Waals surface area contributed by atoms with E-state index in [1.807, 2.05) is 6.92 Å². The maximum Gasteiger partial charge on any atom is 0.338 e. The van der Waals surface area contributed by atoms with Crippen LogP contribution in [0.1, 0.15) is 38.0 Å². The standard InChI is InChI=1S/C25H21N3O8S/c1-2-35-18-9-7-17(8-10-18)28-23(30)20-11-6-15(12-21(20)24(28)31)25(32)36-14-22(29)27-16-4-3-5-19(13-16)37(26,33)34/h3-13H,2,14H2,1H3,(H,27,29)(H2,26,33,34). The van der Waals surface area contributed by atoms with Gasteiger partial charge in [0.2, 0.25) is 10.0 Å². The van der Waals surface area contributed by atoms with Gasteiger partial charge in [0, 0.05) is 5.69 Å². The molecule has 0 saturated heterocycles. The van der Waals surface area contributed by atoms with Gasteiger partial charge in [0.15, 0.2) is 6.61 Å². The fraction of sp³-hybridized carbons (Fsp3) is 0.120. The van der Waals surface area contributed by atoms with Gasteiger partial charge in [-0.2, -0.15) is 0 Å². The molecule has 0 aromatic heterocycles. The number of nitrogens with one attached hydrogen (secondary N) is 1. The first-order chi connectivity index (χ1) is 17.6. The lowest BCUT2D eigenvalue weighted by atomic mass is 10.1. The Morgan fingerprint density at radius 2 is 1.65 bits per heavy atom. The number of carbonyl (C=O) groups excluding carboxylic acids is 4. The van der Waals surface area contributed by atoms with Gasteiger partial charge < -0.3 is 14.8 Å². The highest BCUT2D eigenvalue weighted by Gasteiger charge is 2.37. The summed E-state index contributed by atoms with van der Waals surface area (Å²) in [6, 6.07) is 15.6. The average Bonchev–Trinajstić information content (AvgIpc) is 3.12. The van der Waals surface area contributed by atoms with E-state index < -0.39 is 40.3 Å². The molecule has 1 heterocycles. The number of carbonyl (C=O) groups is 4. The van der Waals surface area contributed by atoms with Crippen molar-refractivity contribution in [1.82, 2.24) is 0 Å². The van der Waals surface area contributed by atoms with Crippen molar-refractivity contribution in [3.05, 3.63) is 83.4 Å². The number of hydrogen-bond acceptors (Lipinski definition) is 8. The summed E-state index contributed by atoms with van der Waals surface area (Å²) in [4.78, 5) is 51.3. The van der Waals surface area contributed by atoms with Gasteiger partial charge in [0.05, 0.1) is 33.9 Å². The van der Waals surface area contributed by atoms with Crippen molar-refractivity contribution in [2.24, 2.45) is 5.14 Å². The zero-order chi connectivity index (χ0) is 26.7. The van der Waals surface area contributed by atoms with Gasteiger partial charge in [-0.05, 0) is 67.6 Å². The van der Waals surface area contributed by atoms with Gasteiger partial charge in [-0.1, -0.05) is 6.07 Å². The molecular formula is C25H21N3O8S. The number of fused-ring (bicyclic) bond motifs is 1. The summed E-state index contributed by atoms with van der Waals surface area (Å²) >= 11 is 0. The summed E-state index contributed by atoms with van der Waals surface area (Å²) in [5.74, 6) is -2.17. The van der Waals surface area contributed by atoms with Crippen LogP contribution in [0.4, 0.5) is 11.4 Å². The van der Waals surface area contributed by atoms with E-state index in [9.17, 15) is 27.6 Å². The number of esters is 1. The molecule has 0 atom stereocenters. The SMILES string of the molecule is CCOc1ccc(N2C(=O)c3ccc(C(=O)OCC(=O)Nc4cccc(S(N)(=O)=O)c4)cc3C2=O)cc1. The number of ether oxygens (including phenoxy) is 2. The Morgan fingerprint density at radius 3 is 2.32 bits per heavy atom. The molecule has 190 valence electrons. The predicted octanol–water partition coefficient (Wildman–Crippen LogP) is 2.33. The Kier molecular flexibility index (Phi) is 7.05. The lowest BCUT2D eigenvalue weighted by Gasteiger charge is -2.14. The normalized spacial score (nSPS) is 12.8. The van der Waals surface area contributed by atoms with Crippen molar-refractivity contribution in [2.75, 3.05) is 23.4 Å². The topological polar surface area (TPSA) is 162 Å². The third-order valence-corrected chi connectivity index (χ3v) is 6.22. The van der Waals surface area contributed by atoms with Crippen LogP contribution >= 0.6 is 0 Å². The molecule has 0 unspecified atom stereocenters. The van der Waals surface area contributed by atoms with E-state index in [2.05, 4.69) is 5.32 Å². The van der Waals surface area contributed by atoms with Gasteiger partial charge in [-0.15, -0.1) is 0 Å². The quantitative estimate of drug-likeness (QED) is 0.336. The Morgan fingerprint density at radius 1 is 0.946 bits per heavy atom. The van der Waals surface area contributed by atoms with Crippen LogP contribution in [0.3, 0.4) is 0 Å². The minimum atomic E-state index is -3.96. The maximum atomic E-state index is 13.0. The molecule has 3 N–H and O–H groups in total. The van der Waals surface area contributed by atoms with Gasteiger partial charge in [0.1, 0.15) is 5.75 Å². The molecule has 37 heavy (non-hydrogen) atoms. The molecule has 0 bridgehead atoms. The summed E-state index contributed by atoms with van der Waals surface area (Å²) in [5, 5.41) is 7.47. The molecule has 11 nitrogen and oxygen atoms in total. The molecule has 0 aliphatic carbocycles. The van der Waals surface area contributed by atoms with E-state index in [4.69, 9.17) is 14.6 Å². The van der Waals surface area contributed by atoms with E-state index >= 15 is 0 Å². The molecule has 0 radical (unpaired) electrons. The van der Waals surface area contributed by atoms with E-state index in [1.165, 1.54) is 36.4 Å². The third kappa shape index (κ3) is 5.50. The summed E-state index contributed by atoms with van der Waals surface area (Å²) < 4.78 is 33.3. The minimum absolute atomic E-state index is 0.0256. The zero-order valence-electron chi connectivity index (χ0n) is 19.5. The van der Waals surface area contributed by atoms with Crippen LogP contribution in [-0.4, -0.2) is 45.3 Å². The molecule has 0 fully saturated rings. The lowest BCUT2D eigenvalue weighted by molar-refractivity contribution is -0.119. The first kappa shape index (κ1) is 25.5. The van der Waals surface area contributed by atoms with Gasteiger partial charge >= 0.3 is 5.97 Å². The van der Waals surface area contributed by atoms with Crippen molar-refractivity contribution >= 4 is 45.1 Å². The zero-order valence-corrected chi connectivity index (χ0v) is 20.3. The van der Waals surface area contributed by atoms with E-state index in [0.29, 0.717) is 18.0 Å². The Bertz CT molecular complexity index is 1520. The number of imide groups is 1. The van der Waals surface area contributed by atoms with Gasteiger partial charge in [0.25, 0.3) is 17.7 Å². The number of rotatable bonds is 8. The number of primary sulfonamides is 1. The Labute approximate surface area is 211 Å². The van der Waals surface area contributed by atoms with Crippen LogP contribution < -0.4 is 20.1 Å². The van der Waals surface area contributed by atoms with Crippen molar-refractivity contribution < 1.29 is 37.1 Å². The second kappa shape index (κ2) is 10.2. The van der Waals surface area contributed by atoms with Crippen molar-refractivity contribution in [2.45, 2.75) is 11.8 Å². The number of nitrogens with two attached hydrogens (primary N) is 1. The average molecular weight is 524 g/mol. The van der Waals surface area contributed by atoms with Crippen LogP contribution in [0, 0.1) is 0 Å². The van der Waals surface area contributed by atoms with Crippen molar-refractivity contribution in [1.29, 1.82) is 0 Å². The molecule has 3 aromatic carbocycles. The van der Waals surface area contributed by atoms with Crippen molar-refractivity contribution in [3.8, 4) is 5.75 Å². The number of nitrogens with zero attached hydrogens (tertiary/aromatic N) is 1. The van der Waals surface area contributed by atoms with Gasteiger partial charge in [-0.3, -0.25) is 14.4 Å². The first-order valence-corrected chi connectivity index (χ1v) is 12.5. The summed E-state index contributed by atoms with van der Waals surface area (Å²) in [6.07, 6.45) is 0. The monoisotopic (exact) mass is 523 g/mol. The maximum absolute atomic E-state index is 13.0. The van der Waals surface area contributed by atoms with Crippen LogP contribution in [0.25, 0.3) is 0 Å². The van der Waals surface area contributed by atoms with E-state index in [-0.39, 0.29) is 27.3 Å². The molecule has 4 rings (SSSR count). The number of amides is 3. The summed E-state index contributed by atoms with van der Waals surface area (Å²) in [7, 11) is -3.96. The van der Waals surface area contributed by atoms with E-state index in [1.54, 1.807) is 24.3 Å². The fourth-order valence-electron chi connectivity index (χ4n) is 3.62. The molecule has 1 aliphatic heterocycles. The molecule has 3 amide bonds. The minimum Gasteiger partial charge on any atom is -0.494 e. The van der Waals surface area contributed by atoms with Gasteiger partial charge in [-0.25, -0.2) is 23.3 Å². The number of benzene rings is 3. The molecular weight excluding hydrogens is 502 g/mol. The highest BCUT2D eigenvalue weighted by Crippen LogP contribution is 2.30. The second-order valence-electron chi connectivity index (χ2n) is 7.83. The summed E-state index contributed by atoms with van der Waals surface area (Å²) in [6.45, 7) is 1.63. The first-order valence-electron chi connectivity index (χ1n) is 10.9.